The molecule has 0 atom stereocenters. The largest absolute Gasteiger partial charge is 0.353 e. The lowest BCUT2D eigenvalue weighted by Gasteiger charge is -2.29. The van der Waals surface area contributed by atoms with Crippen LogP contribution in [0.25, 0.3) is 11.0 Å². The number of hydrogen-bond acceptors (Lipinski definition) is 6. The summed E-state index contributed by atoms with van der Waals surface area (Å²) >= 11 is 0. The second-order valence-electron chi connectivity index (χ2n) is 6.08. The summed E-state index contributed by atoms with van der Waals surface area (Å²) in [7, 11) is -3.77. The van der Waals surface area contributed by atoms with Crippen LogP contribution >= 0.6 is 0 Å². The number of sulfone groups is 1. The highest BCUT2D eigenvalue weighted by molar-refractivity contribution is 7.91. The van der Waals surface area contributed by atoms with E-state index in [1.165, 1.54) is 0 Å². The van der Waals surface area contributed by atoms with Crippen LogP contribution in [0.4, 0.5) is 5.82 Å². The van der Waals surface area contributed by atoms with Crippen LogP contribution in [-0.2, 0) is 9.84 Å². The van der Waals surface area contributed by atoms with Gasteiger partial charge in [-0.15, -0.1) is 0 Å². The Kier molecular flexibility index (Phi) is 3.93. The van der Waals surface area contributed by atoms with Crippen molar-refractivity contribution < 1.29 is 8.42 Å². The van der Waals surface area contributed by atoms with Gasteiger partial charge in [-0.3, -0.25) is 0 Å². The average molecular weight is 357 g/mol. The number of hydrogen-bond donors (Lipinski definition) is 2. The molecule has 25 heavy (non-hydrogen) atoms. The molecule has 3 heterocycles. The second-order valence-corrected chi connectivity index (χ2v) is 7.92. The van der Waals surface area contributed by atoms with Crippen LogP contribution in [0.15, 0.2) is 46.6 Å². The molecule has 1 fully saturated rings. The maximum absolute atomic E-state index is 12.9. The molecular formula is C17H19N5O2S. The summed E-state index contributed by atoms with van der Waals surface area (Å²) in [4.78, 5) is 14.2. The minimum atomic E-state index is -3.77. The Bertz CT molecular complexity index is 1010. The van der Waals surface area contributed by atoms with Crippen LogP contribution in [0.1, 0.15) is 5.56 Å². The normalized spacial score (nSPS) is 15.6. The first-order chi connectivity index (χ1) is 12.1. The zero-order valence-electron chi connectivity index (χ0n) is 13.9. The summed E-state index contributed by atoms with van der Waals surface area (Å²) in [6.45, 7) is 5.22. The number of piperazine rings is 1. The molecular weight excluding hydrogens is 338 g/mol. The smallest absolute Gasteiger partial charge is 0.256 e. The predicted molar refractivity (Wildman–Crippen MR) is 95.6 cm³/mol. The number of aromatic amines is 1. The van der Waals surface area contributed by atoms with Crippen LogP contribution in [-0.4, -0.2) is 49.5 Å². The van der Waals surface area contributed by atoms with Gasteiger partial charge >= 0.3 is 0 Å². The number of H-pyrrole nitrogens is 1. The lowest BCUT2D eigenvalue weighted by molar-refractivity contribution is 0.577. The zero-order valence-corrected chi connectivity index (χ0v) is 14.7. The number of nitrogens with zero attached hydrogens (tertiary/aromatic N) is 3. The van der Waals surface area contributed by atoms with Gasteiger partial charge in [-0.05, 0) is 24.6 Å². The highest BCUT2D eigenvalue weighted by atomic mass is 32.2. The Morgan fingerprint density at radius 3 is 2.52 bits per heavy atom. The number of nitrogens with one attached hydrogen (secondary N) is 2. The van der Waals surface area contributed by atoms with Gasteiger partial charge in [0.1, 0.15) is 11.5 Å². The van der Waals surface area contributed by atoms with Crippen molar-refractivity contribution in [2.24, 2.45) is 0 Å². The fourth-order valence-corrected chi connectivity index (χ4v) is 4.22. The summed E-state index contributed by atoms with van der Waals surface area (Å²) in [5.74, 6) is 0.680. The van der Waals surface area contributed by atoms with E-state index in [-0.39, 0.29) is 10.1 Å². The van der Waals surface area contributed by atoms with E-state index in [0.717, 1.165) is 37.1 Å². The molecule has 0 aliphatic carbocycles. The molecule has 8 heteroatoms. The topological polar surface area (TPSA) is 91.0 Å². The van der Waals surface area contributed by atoms with Gasteiger partial charge in [0.05, 0.1) is 10.3 Å². The fraction of sp³-hybridized carbons (Fsp3) is 0.294. The highest BCUT2D eigenvalue weighted by Crippen LogP contribution is 2.29. The van der Waals surface area contributed by atoms with E-state index >= 15 is 0 Å². The third-order valence-electron chi connectivity index (χ3n) is 4.40. The molecule has 1 aliphatic rings. The van der Waals surface area contributed by atoms with Gasteiger partial charge < -0.3 is 15.2 Å². The van der Waals surface area contributed by atoms with E-state index in [0.29, 0.717) is 11.5 Å². The minimum absolute atomic E-state index is 0.165. The van der Waals surface area contributed by atoms with Gasteiger partial charge in [0.15, 0.2) is 0 Å². The Morgan fingerprint density at radius 2 is 1.80 bits per heavy atom. The minimum Gasteiger partial charge on any atom is -0.353 e. The van der Waals surface area contributed by atoms with E-state index < -0.39 is 9.84 Å². The summed E-state index contributed by atoms with van der Waals surface area (Å²) < 4.78 is 25.9. The van der Waals surface area contributed by atoms with Gasteiger partial charge in [-0.25, -0.2) is 8.42 Å². The standard InChI is InChI=1S/C17H19N5O2S/c1-12-11-19-15-14(12)16(22-9-7-18-8-10-22)21-17(20-15)25(23,24)13-5-3-2-4-6-13/h2-6,11,18H,7-10H2,1H3,(H,19,20,21). The number of aryl methyl sites for hydroxylation is 1. The Labute approximate surface area is 146 Å². The molecule has 0 spiro atoms. The zero-order chi connectivity index (χ0) is 17.4. The van der Waals surface area contributed by atoms with Gasteiger partial charge in [0.2, 0.25) is 9.84 Å². The van der Waals surface area contributed by atoms with Gasteiger partial charge in [-0.2, -0.15) is 9.97 Å². The second kappa shape index (κ2) is 6.12. The van der Waals surface area contributed by atoms with Crippen molar-refractivity contribution in [2.45, 2.75) is 17.0 Å². The first-order valence-electron chi connectivity index (χ1n) is 8.19. The molecule has 0 saturated carbocycles. The van der Waals surface area contributed by atoms with Crippen LogP contribution in [0.5, 0.6) is 0 Å². The average Bonchev–Trinajstić information content (AvgIpc) is 3.03. The van der Waals surface area contributed by atoms with Crippen LogP contribution in [0, 0.1) is 6.92 Å². The fourth-order valence-electron chi connectivity index (χ4n) is 3.08. The Hall–Kier alpha value is -2.45. The summed E-state index contributed by atoms with van der Waals surface area (Å²) in [6.07, 6.45) is 1.84. The van der Waals surface area contributed by atoms with Crippen molar-refractivity contribution in [2.75, 3.05) is 31.1 Å². The van der Waals surface area contributed by atoms with Gasteiger partial charge in [0, 0.05) is 32.4 Å². The summed E-state index contributed by atoms with van der Waals surface area (Å²) in [5.41, 5.74) is 1.56. The first-order valence-corrected chi connectivity index (χ1v) is 9.67. The van der Waals surface area contributed by atoms with E-state index in [1.54, 1.807) is 30.3 Å². The SMILES string of the molecule is Cc1c[nH]c2nc(S(=O)(=O)c3ccccc3)nc(N3CCNCC3)c12. The lowest BCUT2D eigenvalue weighted by atomic mass is 10.2. The molecule has 7 nitrogen and oxygen atoms in total. The van der Waals surface area contributed by atoms with Crippen LogP contribution in [0.3, 0.4) is 0 Å². The molecule has 1 saturated heterocycles. The van der Waals surface area contributed by atoms with Crippen molar-refractivity contribution in [3.63, 3.8) is 0 Å². The molecule has 0 unspecified atom stereocenters. The molecule has 1 aliphatic heterocycles. The summed E-state index contributed by atoms with van der Waals surface area (Å²) in [5, 5.41) is 4.02. The molecule has 3 aromatic rings. The maximum Gasteiger partial charge on any atom is 0.256 e. The molecule has 0 radical (unpaired) electrons. The van der Waals surface area contributed by atoms with Crippen molar-refractivity contribution in [1.82, 2.24) is 20.3 Å². The number of benzene rings is 1. The summed E-state index contributed by atoms with van der Waals surface area (Å²) in [6, 6.07) is 8.30. The van der Waals surface area contributed by atoms with Gasteiger partial charge in [-0.1, -0.05) is 18.2 Å². The highest BCUT2D eigenvalue weighted by Gasteiger charge is 2.26. The molecule has 2 aromatic heterocycles. The van der Waals surface area contributed by atoms with Gasteiger partial charge in [0.25, 0.3) is 5.16 Å². The van der Waals surface area contributed by atoms with E-state index in [2.05, 4.69) is 25.2 Å². The number of fused-ring (bicyclic) bond motifs is 1. The quantitative estimate of drug-likeness (QED) is 0.691. The predicted octanol–water partition coefficient (Wildman–Crippen LogP) is 1.51. The Morgan fingerprint density at radius 1 is 1.08 bits per heavy atom. The monoisotopic (exact) mass is 357 g/mol. The lowest BCUT2D eigenvalue weighted by Crippen LogP contribution is -2.44. The molecule has 0 amide bonds. The molecule has 2 N–H and O–H groups in total. The van der Waals surface area contributed by atoms with E-state index in [4.69, 9.17) is 0 Å². The van der Waals surface area contributed by atoms with Crippen LogP contribution in [0.2, 0.25) is 0 Å². The third-order valence-corrected chi connectivity index (χ3v) is 5.96. The van der Waals surface area contributed by atoms with Crippen molar-refractivity contribution >= 4 is 26.7 Å². The van der Waals surface area contributed by atoms with Crippen molar-refractivity contribution in [3.8, 4) is 0 Å². The molecule has 1 aromatic carbocycles. The number of rotatable bonds is 3. The Balaban J connectivity index is 1.91. The van der Waals surface area contributed by atoms with Crippen molar-refractivity contribution in [1.29, 1.82) is 0 Å². The molecule has 0 bridgehead atoms. The third kappa shape index (κ3) is 2.77. The number of anilines is 1. The first kappa shape index (κ1) is 16.0. The molecule has 130 valence electrons. The van der Waals surface area contributed by atoms with Crippen LogP contribution < -0.4 is 10.2 Å². The number of aromatic nitrogens is 3. The van der Waals surface area contributed by atoms with Crippen molar-refractivity contribution in [3.05, 3.63) is 42.1 Å². The molecule has 4 rings (SSSR count). The van der Waals surface area contributed by atoms with E-state index in [1.807, 2.05) is 13.1 Å². The van der Waals surface area contributed by atoms with E-state index in [9.17, 15) is 8.42 Å². The maximum atomic E-state index is 12.9.